The maximum atomic E-state index is 12.5. The van der Waals surface area contributed by atoms with Gasteiger partial charge in [-0.15, -0.1) is 0 Å². The predicted molar refractivity (Wildman–Crippen MR) is 104 cm³/mol. The summed E-state index contributed by atoms with van der Waals surface area (Å²) in [7, 11) is -3.42. The lowest BCUT2D eigenvalue weighted by Gasteiger charge is -2.35. The number of piperazine rings is 1. The molecule has 10 nitrogen and oxygen atoms in total. The molecule has 2 fully saturated rings. The van der Waals surface area contributed by atoms with Gasteiger partial charge in [0.1, 0.15) is 12.0 Å². The summed E-state index contributed by atoms with van der Waals surface area (Å²) in [6, 6.07) is 1.56. The van der Waals surface area contributed by atoms with Crippen molar-refractivity contribution in [2.24, 2.45) is 10.9 Å². The number of aromatic nitrogens is 1. The Bertz CT molecular complexity index is 768. The molecule has 0 atom stereocenters. The first-order valence-corrected chi connectivity index (χ1v) is 11.3. The molecule has 1 aliphatic heterocycles. The summed E-state index contributed by atoms with van der Waals surface area (Å²) < 4.78 is 31.3. The van der Waals surface area contributed by atoms with Gasteiger partial charge >= 0.3 is 0 Å². The van der Waals surface area contributed by atoms with Gasteiger partial charge in [0.25, 0.3) is 0 Å². The van der Waals surface area contributed by atoms with Gasteiger partial charge in [0.2, 0.25) is 15.9 Å². The molecule has 0 radical (unpaired) electrons. The van der Waals surface area contributed by atoms with E-state index < -0.39 is 10.0 Å². The van der Waals surface area contributed by atoms with E-state index in [1.807, 2.05) is 11.8 Å². The molecule has 2 N–H and O–H groups in total. The Kier molecular flexibility index (Phi) is 6.89. The average Bonchev–Trinajstić information content (AvgIpc) is 3.42. The van der Waals surface area contributed by atoms with E-state index in [4.69, 9.17) is 4.52 Å². The second-order valence-corrected chi connectivity index (χ2v) is 8.90. The van der Waals surface area contributed by atoms with Gasteiger partial charge in [0, 0.05) is 51.3 Å². The fraction of sp³-hybridized carbons (Fsp3) is 0.706. The fourth-order valence-corrected chi connectivity index (χ4v) is 4.45. The topological polar surface area (TPSA) is 120 Å². The van der Waals surface area contributed by atoms with Crippen LogP contribution in [0, 0.1) is 5.92 Å². The van der Waals surface area contributed by atoms with Crippen molar-refractivity contribution in [3.63, 3.8) is 0 Å². The number of hydrogen-bond acceptors (Lipinski definition) is 6. The van der Waals surface area contributed by atoms with Crippen molar-refractivity contribution < 1.29 is 17.7 Å². The number of rotatable bonds is 8. The smallest absolute Gasteiger partial charge is 0.223 e. The molecule has 1 saturated heterocycles. The van der Waals surface area contributed by atoms with Crippen LogP contribution >= 0.6 is 0 Å². The summed E-state index contributed by atoms with van der Waals surface area (Å²) in [4.78, 5) is 18.3. The molecule has 156 valence electrons. The van der Waals surface area contributed by atoms with Gasteiger partial charge in [-0.2, -0.15) is 4.31 Å². The zero-order valence-electron chi connectivity index (χ0n) is 16.1. The van der Waals surface area contributed by atoms with Crippen LogP contribution in [-0.2, 0) is 20.6 Å². The first-order chi connectivity index (χ1) is 13.5. The molecule has 0 unspecified atom stereocenters. The molecule has 28 heavy (non-hydrogen) atoms. The Hall–Kier alpha value is -2.14. The summed E-state index contributed by atoms with van der Waals surface area (Å²) in [6.07, 6.45) is 3.35. The van der Waals surface area contributed by atoms with E-state index in [0.717, 1.165) is 25.3 Å². The van der Waals surface area contributed by atoms with Crippen molar-refractivity contribution >= 4 is 21.9 Å². The summed E-state index contributed by atoms with van der Waals surface area (Å²) in [6.45, 7) is 5.60. The minimum absolute atomic E-state index is 0.117. The van der Waals surface area contributed by atoms with Gasteiger partial charge in [-0.3, -0.25) is 9.79 Å². The second kappa shape index (κ2) is 9.37. The molecule has 3 rings (SSSR count). The van der Waals surface area contributed by atoms with Gasteiger partial charge in [-0.25, -0.2) is 8.42 Å². The lowest BCUT2D eigenvalue weighted by atomic mass is 10.4. The van der Waals surface area contributed by atoms with E-state index in [1.54, 1.807) is 6.07 Å². The molecule has 2 aliphatic rings. The number of nitrogens with one attached hydrogen (secondary N) is 2. The number of aliphatic imine (C=N–C) groups is 1. The van der Waals surface area contributed by atoms with Crippen molar-refractivity contribution in [3.05, 3.63) is 18.0 Å². The van der Waals surface area contributed by atoms with E-state index in [0.29, 0.717) is 45.0 Å². The van der Waals surface area contributed by atoms with Gasteiger partial charge in [-0.1, -0.05) is 5.16 Å². The standard InChI is InChI=1S/C17H28N6O4S/c1-2-18-17(20-7-6-19-16(24)14-3-4-14)22-8-10-23(11-9-22)28(25,26)13-15-5-12-27-21-15/h5,12,14H,2-4,6-11,13H2,1H3,(H,18,20)(H,19,24). The van der Waals surface area contributed by atoms with E-state index in [2.05, 4.69) is 20.8 Å². The van der Waals surface area contributed by atoms with Gasteiger partial charge in [0.05, 0.1) is 12.2 Å². The zero-order valence-corrected chi connectivity index (χ0v) is 16.9. The van der Waals surface area contributed by atoms with Gasteiger partial charge in [0.15, 0.2) is 5.96 Å². The highest BCUT2D eigenvalue weighted by Crippen LogP contribution is 2.28. The SMILES string of the molecule is CCNC(=NCCNC(=O)C1CC1)N1CCN(S(=O)(=O)Cc2ccon2)CC1. The molecular weight excluding hydrogens is 384 g/mol. The molecule has 2 heterocycles. The van der Waals surface area contributed by atoms with Crippen LogP contribution in [0.3, 0.4) is 0 Å². The Morgan fingerprint density at radius 1 is 1.29 bits per heavy atom. The summed E-state index contributed by atoms with van der Waals surface area (Å²) in [5, 5.41) is 9.82. The highest BCUT2D eigenvalue weighted by Gasteiger charge is 2.30. The van der Waals surface area contributed by atoms with Crippen molar-refractivity contribution in [2.45, 2.75) is 25.5 Å². The van der Waals surface area contributed by atoms with Crippen molar-refractivity contribution in [1.82, 2.24) is 25.0 Å². The summed E-state index contributed by atoms with van der Waals surface area (Å²) in [5.41, 5.74) is 0.408. The average molecular weight is 413 g/mol. The first-order valence-electron chi connectivity index (χ1n) is 9.67. The third-order valence-electron chi connectivity index (χ3n) is 4.71. The van der Waals surface area contributed by atoms with E-state index in [-0.39, 0.29) is 17.6 Å². The van der Waals surface area contributed by atoms with E-state index in [9.17, 15) is 13.2 Å². The largest absolute Gasteiger partial charge is 0.364 e. The second-order valence-electron chi connectivity index (χ2n) is 6.93. The van der Waals surface area contributed by atoms with E-state index >= 15 is 0 Å². The van der Waals surface area contributed by atoms with Crippen LogP contribution in [0.4, 0.5) is 0 Å². The maximum absolute atomic E-state index is 12.5. The molecule has 1 aromatic heterocycles. The molecule has 0 spiro atoms. The van der Waals surface area contributed by atoms with Crippen LogP contribution in [0.1, 0.15) is 25.5 Å². The Morgan fingerprint density at radius 3 is 2.64 bits per heavy atom. The molecule has 1 aromatic rings. The monoisotopic (exact) mass is 412 g/mol. The maximum Gasteiger partial charge on any atom is 0.223 e. The van der Waals surface area contributed by atoms with Crippen LogP contribution in [0.15, 0.2) is 21.8 Å². The van der Waals surface area contributed by atoms with Crippen LogP contribution < -0.4 is 10.6 Å². The van der Waals surface area contributed by atoms with Crippen LogP contribution in [0.2, 0.25) is 0 Å². The molecular formula is C17H28N6O4S. The number of carbonyl (C=O) groups is 1. The number of amides is 1. The Morgan fingerprint density at radius 2 is 2.04 bits per heavy atom. The summed E-state index contributed by atoms with van der Waals surface area (Å²) >= 11 is 0. The van der Waals surface area contributed by atoms with Gasteiger partial charge in [-0.05, 0) is 19.8 Å². The van der Waals surface area contributed by atoms with Crippen molar-refractivity contribution in [1.29, 1.82) is 0 Å². The van der Waals surface area contributed by atoms with Crippen molar-refractivity contribution in [2.75, 3.05) is 45.8 Å². The lowest BCUT2D eigenvalue weighted by Crippen LogP contribution is -2.54. The fourth-order valence-electron chi connectivity index (χ4n) is 3.02. The number of nitrogens with zero attached hydrogens (tertiary/aromatic N) is 4. The minimum atomic E-state index is -3.42. The number of guanidine groups is 1. The van der Waals surface area contributed by atoms with Crippen LogP contribution in [0.25, 0.3) is 0 Å². The lowest BCUT2D eigenvalue weighted by molar-refractivity contribution is -0.122. The summed E-state index contributed by atoms with van der Waals surface area (Å²) in [5.74, 6) is 0.908. The van der Waals surface area contributed by atoms with E-state index in [1.165, 1.54) is 10.6 Å². The molecule has 1 aliphatic carbocycles. The highest BCUT2D eigenvalue weighted by atomic mass is 32.2. The van der Waals surface area contributed by atoms with Crippen LogP contribution in [-0.4, -0.2) is 80.5 Å². The Labute approximate surface area is 165 Å². The zero-order chi connectivity index (χ0) is 20.0. The molecule has 11 heteroatoms. The predicted octanol–water partition coefficient (Wildman–Crippen LogP) is -0.386. The molecule has 0 aromatic carbocycles. The van der Waals surface area contributed by atoms with Crippen LogP contribution in [0.5, 0.6) is 0 Å². The quantitative estimate of drug-likeness (QED) is 0.339. The normalized spacial score (nSPS) is 18.9. The third kappa shape index (κ3) is 5.68. The Balaban J connectivity index is 1.48. The number of sulfonamides is 1. The number of hydrogen-bond donors (Lipinski definition) is 2. The van der Waals surface area contributed by atoms with Crippen molar-refractivity contribution in [3.8, 4) is 0 Å². The number of carbonyl (C=O) groups excluding carboxylic acids is 1. The first kappa shape index (κ1) is 20.6. The van der Waals surface area contributed by atoms with Gasteiger partial charge < -0.3 is 20.1 Å². The minimum Gasteiger partial charge on any atom is -0.364 e. The third-order valence-corrected chi connectivity index (χ3v) is 6.52. The highest BCUT2D eigenvalue weighted by molar-refractivity contribution is 7.88. The molecule has 0 bridgehead atoms. The molecule has 1 amide bonds. The molecule has 1 saturated carbocycles.